The zero-order chi connectivity index (χ0) is 14.3. The van der Waals surface area contributed by atoms with Crippen LogP contribution in [0.3, 0.4) is 0 Å². The Labute approximate surface area is 114 Å². The van der Waals surface area contributed by atoms with Crippen molar-refractivity contribution in [2.24, 2.45) is 0 Å². The predicted molar refractivity (Wildman–Crippen MR) is 75.7 cm³/mol. The molecule has 4 nitrogen and oxygen atoms in total. The number of nitrogens with zero attached hydrogens (tertiary/aromatic N) is 1. The zero-order valence-corrected chi connectivity index (χ0v) is 11.8. The van der Waals surface area contributed by atoms with E-state index >= 15 is 0 Å². The molecule has 0 aliphatic heterocycles. The van der Waals surface area contributed by atoms with Crippen molar-refractivity contribution in [1.82, 2.24) is 10.6 Å². The molecule has 0 bridgehead atoms. The number of amides is 1. The fourth-order valence-corrected chi connectivity index (χ4v) is 1.79. The molecule has 0 saturated carbocycles. The molecule has 1 aromatic carbocycles. The minimum atomic E-state index is -0.288. The van der Waals surface area contributed by atoms with Gasteiger partial charge in [-0.2, -0.15) is 0 Å². The Hall–Kier alpha value is -1.62. The van der Waals surface area contributed by atoms with Gasteiger partial charge in [-0.25, -0.2) is 4.39 Å². The molecule has 0 aliphatic rings. The van der Waals surface area contributed by atoms with Gasteiger partial charge in [0.15, 0.2) is 0 Å². The summed E-state index contributed by atoms with van der Waals surface area (Å²) in [4.78, 5) is 13.4. The minimum Gasteiger partial charge on any atom is -0.365 e. The van der Waals surface area contributed by atoms with Gasteiger partial charge in [-0.3, -0.25) is 4.79 Å². The van der Waals surface area contributed by atoms with E-state index in [-0.39, 0.29) is 18.3 Å². The van der Waals surface area contributed by atoms with E-state index < -0.39 is 0 Å². The molecule has 0 aromatic heterocycles. The summed E-state index contributed by atoms with van der Waals surface area (Å²) >= 11 is 0. The molecule has 0 unspecified atom stereocenters. The molecule has 19 heavy (non-hydrogen) atoms. The van der Waals surface area contributed by atoms with Crippen LogP contribution in [0.1, 0.15) is 18.9 Å². The first kappa shape index (κ1) is 15.4. The molecular weight excluding hydrogens is 245 g/mol. The van der Waals surface area contributed by atoms with Crippen LogP contribution in [0.5, 0.6) is 0 Å². The maximum atomic E-state index is 13.5. The molecule has 106 valence electrons. The second-order valence-electron chi connectivity index (χ2n) is 4.55. The lowest BCUT2D eigenvalue weighted by atomic mass is 10.2. The lowest BCUT2D eigenvalue weighted by Crippen LogP contribution is -2.35. The third-order valence-electron chi connectivity index (χ3n) is 2.72. The first-order valence-corrected chi connectivity index (χ1v) is 6.48. The number of rotatable bonds is 7. The van der Waals surface area contributed by atoms with Gasteiger partial charge in [0.1, 0.15) is 5.82 Å². The molecule has 0 radical (unpaired) electrons. The topological polar surface area (TPSA) is 44.4 Å². The lowest BCUT2D eigenvalue weighted by molar-refractivity contribution is -0.119. The summed E-state index contributed by atoms with van der Waals surface area (Å²) in [5, 5.41) is 5.78. The summed E-state index contributed by atoms with van der Waals surface area (Å²) in [6.07, 6.45) is 0.905. The normalized spacial score (nSPS) is 10.3. The average Bonchev–Trinajstić information content (AvgIpc) is 2.36. The Bertz CT molecular complexity index is 423. The van der Waals surface area contributed by atoms with Crippen LogP contribution in [0.15, 0.2) is 18.2 Å². The fraction of sp³-hybridized carbons (Fsp3) is 0.500. The Morgan fingerprint density at radius 3 is 2.74 bits per heavy atom. The van der Waals surface area contributed by atoms with E-state index in [1.807, 2.05) is 20.0 Å². The van der Waals surface area contributed by atoms with Gasteiger partial charge in [-0.05, 0) is 37.2 Å². The lowest BCUT2D eigenvalue weighted by Gasteiger charge is -2.19. The largest absolute Gasteiger partial charge is 0.365 e. The Balaban J connectivity index is 2.70. The number of benzene rings is 1. The van der Waals surface area contributed by atoms with Crippen molar-refractivity contribution in [2.45, 2.75) is 19.9 Å². The fourth-order valence-electron chi connectivity index (χ4n) is 1.79. The average molecular weight is 267 g/mol. The van der Waals surface area contributed by atoms with Crippen LogP contribution in [0, 0.1) is 5.82 Å². The van der Waals surface area contributed by atoms with E-state index in [9.17, 15) is 9.18 Å². The molecule has 0 aliphatic carbocycles. The Morgan fingerprint density at radius 2 is 2.11 bits per heavy atom. The maximum Gasteiger partial charge on any atom is 0.239 e. The van der Waals surface area contributed by atoms with Gasteiger partial charge in [-0.15, -0.1) is 0 Å². The second kappa shape index (κ2) is 7.74. The summed E-state index contributed by atoms with van der Waals surface area (Å²) < 4.78 is 13.5. The van der Waals surface area contributed by atoms with E-state index in [2.05, 4.69) is 10.6 Å². The van der Waals surface area contributed by atoms with E-state index in [1.54, 1.807) is 11.9 Å². The number of nitrogens with one attached hydrogen (secondary N) is 2. The second-order valence-corrected chi connectivity index (χ2v) is 4.55. The van der Waals surface area contributed by atoms with Crippen LogP contribution >= 0.6 is 0 Å². The number of halogens is 1. The summed E-state index contributed by atoms with van der Waals surface area (Å²) in [6, 6.07) is 4.81. The molecule has 1 aromatic rings. The first-order chi connectivity index (χ1) is 9.06. The molecular formula is C14H22FN3O. The van der Waals surface area contributed by atoms with Crippen LogP contribution in [-0.2, 0) is 11.3 Å². The predicted octanol–water partition coefficient (Wildman–Crippen LogP) is 1.51. The molecule has 0 heterocycles. The summed E-state index contributed by atoms with van der Waals surface area (Å²) in [7, 11) is 3.59. The third kappa shape index (κ3) is 5.26. The van der Waals surface area contributed by atoms with E-state index in [0.29, 0.717) is 18.8 Å². The summed E-state index contributed by atoms with van der Waals surface area (Å²) in [5.74, 6) is -0.340. The van der Waals surface area contributed by atoms with Crippen LogP contribution in [0.2, 0.25) is 0 Å². The van der Waals surface area contributed by atoms with Crippen LogP contribution < -0.4 is 15.5 Å². The number of carbonyl (C=O) groups excluding carboxylic acids is 1. The van der Waals surface area contributed by atoms with Gasteiger partial charge in [-0.1, -0.05) is 6.92 Å². The van der Waals surface area contributed by atoms with Crippen molar-refractivity contribution in [2.75, 3.05) is 32.1 Å². The van der Waals surface area contributed by atoms with Crippen LogP contribution in [-0.4, -0.2) is 33.1 Å². The number of likely N-dealkylation sites (N-methyl/N-ethyl adjacent to an activating group) is 1. The van der Waals surface area contributed by atoms with Crippen molar-refractivity contribution in [3.63, 3.8) is 0 Å². The monoisotopic (exact) mass is 267 g/mol. The molecule has 5 heteroatoms. The first-order valence-electron chi connectivity index (χ1n) is 6.48. The van der Waals surface area contributed by atoms with Crippen molar-refractivity contribution >= 4 is 11.6 Å². The summed E-state index contributed by atoms with van der Waals surface area (Å²) in [6.45, 7) is 3.49. The van der Waals surface area contributed by atoms with Gasteiger partial charge in [0.25, 0.3) is 0 Å². The van der Waals surface area contributed by atoms with Crippen molar-refractivity contribution in [1.29, 1.82) is 0 Å². The number of hydrogen-bond donors (Lipinski definition) is 2. The van der Waals surface area contributed by atoms with Crippen LogP contribution in [0.25, 0.3) is 0 Å². The highest BCUT2D eigenvalue weighted by Gasteiger charge is 2.09. The quantitative estimate of drug-likeness (QED) is 0.787. The smallest absolute Gasteiger partial charge is 0.239 e. The van der Waals surface area contributed by atoms with Crippen molar-refractivity contribution in [3.05, 3.63) is 29.6 Å². The molecule has 0 atom stereocenters. The Morgan fingerprint density at radius 1 is 1.37 bits per heavy atom. The standard InChI is InChI=1S/C14H22FN3O/c1-4-5-17-14(19)10-18(3)13-7-11(9-16-2)6-12(15)8-13/h6-8,16H,4-5,9-10H2,1-3H3,(H,17,19). The molecule has 0 saturated heterocycles. The highest BCUT2D eigenvalue weighted by Crippen LogP contribution is 2.17. The van der Waals surface area contributed by atoms with Crippen LogP contribution in [0.4, 0.5) is 10.1 Å². The molecule has 0 fully saturated rings. The Kier molecular flexibility index (Phi) is 6.29. The molecule has 1 rings (SSSR count). The van der Waals surface area contributed by atoms with Gasteiger partial charge >= 0.3 is 0 Å². The third-order valence-corrected chi connectivity index (χ3v) is 2.72. The van der Waals surface area contributed by atoms with Gasteiger partial charge < -0.3 is 15.5 Å². The van der Waals surface area contributed by atoms with E-state index in [1.165, 1.54) is 12.1 Å². The van der Waals surface area contributed by atoms with Gasteiger partial charge in [0.2, 0.25) is 5.91 Å². The maximum absolute atomic E-state index is 13.5. The number of hydrogen-bond acceptors (Lipinski definition) is 3. The molecule has 1 amide bonds. The minimum absolute atomic E-state index is 0.0521. The molecule has 2 N–H and O–H groups in total. The SMILES string of the molecule is CCCNC(=O)CN(C)c1cc(F)cc(CNC)c1. The molecule has 0 spiro atoms. The summed E-state index contributed by atoms with van der Waals surface area (Å²) in [5.41, 5.74) is 1.57. The van der Waals surface area contributed by atoms with Crippen molar-refractivity contribution in [3.8, 4) is 0 Å². The van der Waals surface area contributed by atoms with Crippen molar-refractivity contribution < 1.29 is 9.18 Å². The van der Waals surface area contributed by atoms with E-state index in [0.717, 1.165) is 12.0 Å². The van der Waals surface area contributed by atoms with Gasteiger partial charge in [0, 0.05) is 25.8 Å². The van der Waals surface area contributed by atoms with E-state index in [4.69, 9.17) is 0 Å². The zero-order valence-electron chi connectivity index (χ0n) is 11.8. The number of carbonyl (C=O) groups is 1. The number of anilines is 1. The van der Waals surface area contributed by atoms with Gasteiger partial charge in [0.05, 0.1) is 6.54 Å². The highest BCUT2D eigenvalue weighted by molar-refractivity contribution is 5.81. The highest BCUT2D eigenvalue weighted by atomic mass is 19.1.